The van der Waals surface area contributed by atoms with Crippen LogP contribution in [0, 0.1) is 17.0 Å². The summed E-state index contributed by atoms with van der Waals surface area (Å²) in [5.74, 6) is -0.394. The number of nitro benzene ring substituents is 1. The maximum atomic E-state index is 12.2. The molecule has 1 heterocycles. The third-order valence-corrected chi connectivity index (χ3v) is 3.31. The van der Waals surface area contributed by atoms with Crippen LogP contribution in [0.4, 0.5) is 5.69 Å². The first-order chi connectivity index (χ1) is 9.59. The number of rotatable bonds is 4. The van der Waals surface area contributed by atoms with Crippen LogP contribution in [0.15, 0.2) is 29.8 Å². The molecular formula is C14H17N3O3. The quantitative estimate of drug-likeness (QED) is 0.496. The molecule has 0 spiro atoms. The minimum Gasteiger partial charge on any atom is -0.348 e. The van der Waals surface area contributed by atoms with Crippen LogP contribution in [0.2, 0.25) is 0 Å². The van der Waals surface area contributed by atoms with E-state index in [2.05, 4.69) is 10.6 Å². The van der Waals surface area contributed by atoms with E-state index in [4.69, 9.17) is 0 Å². The van der Waals surface area contributed by atoms with Gasteiger partial charge in [0.2, 0.25) is 0 Å². The highest BCUT2D eigenvalue weighted by Crippen LogP contribution is 2.21. The lowest BCUT2D eigenvalue weighted by Crippen LogP contribution is -2.30. The van der Waals surface area contributed by atoms with Crippen molar-refractivity contribution in [3.63, 3.8) is 0 Å². The van der Waals surface area contributed by atoms with Gasteiger partial charge in [-0.2, -0.15) is 0 Å². The van der Waals surface area contributed by atoms with Crippen LogP contribution in [-0.4, -0.2) is 30.5 Å². The molecule has 0 unspecified atom stereocenters. The van der Waals surface area contributed by atoms with Gasteiger partial charge >= 0.3 is 0 Å². The molecule has 106 valence electrons. The van der Waals surface area contributed by atoms with Gasteiger partial charge in [0.25, 0.3) is 11.6 Å². The van der Waals surface area contributed by atoms with Gasteiger partial charge in [0, 0.05) is 19.2 Å². The van der Waals surface area contributed by atoms with Gasteiger partial charge in [-0.3, -0.25) is 14.9 Å². The molecule has 6 nitrogen and oxygen atoms in total. The summed E-state index contributed by atoms with van der Waals surface area (Å²) >= 11 is 0. The number of aryl methyl sites for hydroxylation is 1. The fraction of sp³-hybridized carbons (Fsp3) is 0.357. The molecule has 2 N–H and O–H groups in total. The highest BCUT2D eigenvalue weighted by atomic mass is 16.6. The molecule has 1 aliphatic rings. The maximum absolute atomic E-state index is 12.2. The molecule has 1 aromatic carbocycles. The average molecular weight is 275 g/mol. The molecule has 0 saturated carbocycles. The number of nitrogens with zero attached hydrogens (tertiary/aromatic N) is 1. The van der Waals surface area contributed by atoms with Gasteiger partial charge in [-0.15, -0.1) is 0 Å². The molecule has 0 fully saturated rings. The summed E-state index contributed by atoms with van der Waals surface area (Å²) in [6, 6.07) is 4.64. The Morgan fingerprint density at radius 3 is 2.95 bits per heavy atom. The normalized spacial score (nSPS) is 14.6. The van der Waals surface area contributed by atoms with Crippen molar-refractivity contribution in [2.45, 2.75) is 13.3 Å². The number of carbonyl (C=O) groups excluding carboxylic acids is 1. The molecular weight excluding hydrogens is 258 g/mol. The van der Waals surface area contributed by atoms with E-state index in [0.717, 1.165) is 25.1 Å². The highest BCUT2D eigenvalue weighted by Gasteiger charge is 2.22. The second-order valence-electron chi connectivity index (χ2n) is 4.73. The number of carbonyl (C=O) groups is 1. The van der Waals surface area contributed by atoms with Crippen molar-refractivity contribution < 1.29 is 9.72 Å². The van der Waals surface area contributed by atoms with Crippen molar-refractivity contribution >= 4 is 11.6 Å². The first-order valence-electron chi connectivity index (χ1n) is 6.50. The van der Waals surface area contributed by atoms with E-state index < -0.39 is 10.8 Å². The molecule has 6 heteroatoms. The predicted octanol–water partition coefficient (Wildman–Crippen LogP) is 1.55. The van der Waals surface area contributed by atoms with Crippen LogP contribution in [0.3, 0.4) is 0 Å². The number of hydrogen-bond donors (Lipinski definition) is 2. The number of amides is 1. The minimum atomic E-state index is -0.522. The van der Waals surface area contributed by atoms with E-state index >= 15 is 0 Å². The zero-order valence-corrected chi connectivity index (χ0v) is 11.3. The maximum Gasteiger partial charge on any atom is 0.282 e. The average Bonchev–Trinajstić information content (AvgIpc) is 2.45. The summed E-state index contributed by atoms with van der Waals surface area (Å²) < 4.78 is 0. The Bertz CT molecular complexity index is 567. The standard InChI is InChI=1S/C14H17N3O3/c1-10-3-2-4-12(17(19)20)13(10)14(18)16-9-11-5-7-15-8-6-11/h2-5,15H,6-9H2,1H3,(H,16,18). The molecule has 0 bridgehead atoms. The molecule has 1 aromatic rings. The third kappa shape index (κ3) is 3.21. The summed E-state index contributed by atoms with van der Waals surface area (Å²) in [6.45, 7) is 3.83. The van der Waals surface area contributed by atoms with Crippen molar-refractivity contribution in [1.82, 2.24) is 10.6 Å². The molecule has 0 atom stereocenters. The third-order valence-electron chi connectivity index (χ3n) is 3.31. The Labute approximate surface area is 117 Å². The molecule has 2 rings (SSSR count). The molecule has 0 aromatic heterocycles. The Hall–Kier alpha value is -2.21. The Morgan fingerprint density at radius 1 is 1.50 bits per heavy atom. The van der Waals surface area contributed by atoms with Gasteiger partial charge in [-0.25, -0.2) is 0 Å². The van der Waals surface area contributed by atoms with Crippen molar-refractivity contribution in [2.75, 3.05) is 19.6 Å². The van der Waals surface area contributed by atoms with E-state index in [1.54, 1.807) is 19.1 Å². The van der Waals surface area contributed by atoms with Crippen LogP contribution in [-0.2, 0) is 0 Å². The lowest BCUT2D eigenvalue weighted by atomic mass is 10.1. The van der Waals surface area contributed by atoms with E-state index in [0.29, 0.717) is 12.1 Å². The summed E-state index contributed by atoms with van der Waals surface area (Å²) in [6.07, 6.45) is 2.92. The van der Waals surface area contributed by atoms with Crippen LogP contribution in [0.5, 0.6) is 0 Å². The number of benzene rings is 1. The van der Waals surface area contributed by atoms with Gasteiger partial charge in [-0.1, -0.05) is 23.8 Å². The predicted molar refractivity (Wildman–Crippen MR) is 75.7 cm³/mol. The molecule has 1 aliphatic heterocycles. The van der Waals surface area contributed by atoms with Gasteiger partial charge in [-0.05, 0) is 25.5 Å². The first-order valence-corrected chi connectivity index (χ1v) is 6.50. The fourth-order valence-electron chi connectivity index (χ4n) is 2.21. The highest BCUT2D eigenvalue weighted by molar-refractivity contribution is 5.99. The smallest absolute Gasteiger partial charge is 0.282 e. The van der Waals surface area contributed by atoms with Crippen molar-refractivity contribution in [3.05, 3.63) is 51.1 Å². The monoisotopic (exact) mass is 275 g/mol. The fourth-order valence-corrected chi connectivity index (χ4v) is 2.21. The van der Waals surface area contributed by atoms with Crippen molar-refractivity contribution in [2.24, 2.45) is 0 Å². The molecule has 20 heavy (non-hydrogen) atoms. The first kappa shape index (κ1) is 14.2. The molecule has 1 amide bonds. The largest absolute Gasteiger partial charge is 0.348 e. The van der Waals surface area contributed by atoms with Gasteiger partial charge in [0.1, 0.15) is 5.56 Å². The SMILES string of the molecule is Cc1cccc([N+](=O)[O-])c1C(=O)NCC1=CCNCC1. The van der Waals surface area contributed by atoms with E-state index in [9.17, 15) is 14.9 Å². The molecule has 0 aliphatic carbocycles. The number of nitrogens with one attached hydrogen (secondary N) is 2. The second-order valence-corrected chi connectivity index (χ2v) is 4.73. The number of nitro groups is 1. The van der Waals surface area contributed by atoms with Crippen LogP contribution < -0.4 is 10.6 Å². The van der Waals surface area contributed by atoms with Crippen molar-refractivity contribution in [1.29, 1.82) is 0 Å². The topological polar surface area (TPSA) is 84.3 Å². The van der Waals surface area contributed by atoms with Gasteiger partial charge in [0.05, 0.1) is 4.92 Å². The minimum absolute atomic E-state index is 0.145. The van der Waals surface area contributed by atoms with E-state index in [1.165, 1.54) is 6.07 Å². The van der Waals surface area contributed by atoms with E-state index in [1.807, 2.05) is 6.08 Å². The van der Waals surface area contributed by atoms with Crippen LogP contribution in [0.25, 0.3) is 0 Å². The van der Waals surface area contributed by atoms with E-state index in [-0.39, 0.29) is 11.3 Å². The lowest BCUT2D eigenvalue weighted by molar-refractivity contribution is -0.385. The van der Waals surface area contributed by atoms with Gasteiger partial charge in [0.15, 0.2) is 0 Å². The molecule has 0 radical (unpaired) electrons. The second kappa shape index (κ2) is 6.29. The summed E-state index contributed by atoms with van der Waals surface area (Å²) in [5, 5.41) is 16.9. The van der Waals surface area contributed by atoms with Crippen LogP contribution in [0.1, 0.15) is 22.3 Å². The lowest BCUT2D eigenvalue weighted by Gasteiger charge is -2.15. The Kier molecular flexibility index (Phi) is 4.47. The summed E-state index contributed by atoms with van der Waals surface area (Å²) in [5.41, 5.74) is 1.75. The molecule has 0 saturated heterocycles. The Balaban J connectivity index is 2.13. The number of hydrogen-bond acceptors (Lipinski definition) is 4. The zero-order chi connectivity index (χ0) is 14.5. The van der Waals surface area contributed by atoms with Crippen molar-refractivity contribution in [3.8, 4) is 0 Å². The Morgan fingerprint density at radius 2 is 2.30 bits per heavy atom. The van der Waals surface area contributed by atoms with Gasteiger partial charge < -0.3 is 10.6 Å². The summed E-state index contributed by atoms with van der Waals surface area (Å²) in [4.78, 5) is 22.6. The summed E-state index contributed by atoms with van der Waals surface area (Å²) in [7, 11) is 0. The van der Waals surface area contributed by atoms with Crippen LogP contribution >= 0.6 is 0 Å². The zero-order valence-electron chi connectivity index (χ0n) is 11.3.